The average Bonchev–Trinajstić information content (AvgIpc) is 2.84. The Bertz CT molecular complexity index is 1160. The van der Waals surface area contributed by atoms with Crippen LogP contribution in [0.15, 0.2) is 89.8 Å². The number of carbonyl (C=O) groups is 2. The molecule has 172 valence electrons. The summed E-state index contributed by atoms with van der Waals surface area (Å²) in [5, 5.41) is 0. The van der Waals surface area contributed by atoms with E-state index in [0.29, 0.717) is 0 Å². The number of benzene rings is 3. The molecule has 8 nitrogen and oxygen atoms in total. The highest BCUT2D eigenvalue weighted by molar-refractivity contribution is 7.89. The fourth-order valence-corrected chi connectivity index (χ4v) is 3.99. The summed E-state index contributed by atoms with van der Waals surface area (Å²) in [6.07, 6.45) is -0.457. The fraction of sp³-hybridized carbons (Fsp3) is 0.167. The second-order valence-electron chi connectivity index (χ2n) is 7.33. The number of sulfonamides is 1. The quantitative estimate of drug-likeness (QED) is 0.496. The highest BCUT2D eigenvalue weighted by Gasteiger charge is 2.19. The molecule has 3 rings (SSSR count). The van der Waals surface area contributed by atoms with E-state index < -0.39 is 27.9 Å². The molecule has 0 aromatic heterocycles. The lowest BCUT2D eigenvalue weighted by Crippen LogP contribution is -2.43. The summed E-state index contributed by atoms with van der Waals surface area (Å²) >= 11 is 0. The maximum absolute atomic E-state index is 12.4. The molecule has 0 bridgehead atoms. The number of amides is 2. The third kappa shape index (κ3) is 6.26. The smallest absolute Gasteiger partial charge is 0.269 e. The zero-order valence-electron chi connectivity index (χ0n) is 18.3. The number of ether oxygens (including phenoxy) is 1. The zero-order valence-corrected chi connectivity index (χ0v) is 19.1. The van der Waals surface area contributed by atoms with Crippen molar-refractivity contribution in [2.75, 3.05) is 20.7 Å². The molecular weight excluding hydrogens is 442 g/mol. The summed E-state index contributed by atoms with van der Waals surface area (Å²) in [6.45, 7) is -0.302. The van der Waals surface area contributed by atoms with Gasteiger partial charge in [-0.3, -0.25) is 20.4 Å². The minimum Gasteiger partial charge on any atom is -0.359 e. The summed E-state index contributed by atoms with van der Waals surface area (Å²) in [5.74, 6) is -1.21. The molecule has 0 unspecified atom stereocenters. The van der Waals surface area contributed by atoms with Gasteiger partial charge < -0.3 is 4.74 Å². The minimum absolute atomic E-state index is 0.0247. The lowest BCUT2D eigenvalue weighted by Gasteiger charge is -2.19. The molecule has 0 heterocycles. The van der Waals surface area contributed by atoms with Crippen LogP contribution in [0.5, 0.6) is 0 Å². The van der Waals surface area contributed by atoms with Gasteiger partial charge in [0.05, 0.1) is 4.90 Å². The highest BCUT2D eigenvalue weighted by atomic mass is 32.2. The van der Waals surface area contributed by atoms with Crippen molar-refractivity contribution in [2.24, 2.45) is 0 Å². The molecule has 2 amide bonds. The molecule has 9 heteroatoms. The van der Waals surface area contributed by atoms with E-state index in [9.17, 15) is 18.0 Å². The Morgan fingerprint density at radius 3 is 1.97 bits per heavy atom. The first-order valence-corrected chi connectivity index (χ1v) is 11.6. The number of hydrogen-bond acceptors (Lipinski definition) is 5. The van der Waals surface area contributed by atoms with E-state index in [2.05, 4.69) is 10.9 Å². The average molecular weight is 468 g/mol. The highest BCUT2D eigenvalue weighted by Crippen LogP contribution is 2.25. The van der Waals surface area contributed by atoms with Crippen LogP contribution in [0.2, 0.25) is 0 Å². The van der Waals surface area contributed by atoms with E-state index in [1.807, 2.05) is 60.7 Å². The van der Waals surface area contributed by atoms with Crippen LogP contribution in [0, 0.1) is 0 Å². The van der Waals surface area contributed by atoms with E-state index in [-0.39, 0.29) is 17.1 Å². The Hall–Kier alpha value is -3.53. The summed E-state index contributed by atoms with van der Waals surface area (Å²) in [4.78, 5) is 24.7. The van der Waals surface area contributed by atoms with E-state index in [4.69, 9.17) is 4.74 Å². The van der Waals surface area contributed by atoms with Gasteiger partial charge in [0.25, 0.3) is 11.8 Å². The number of nitrogens with one attached hydrogen (secondary N) is 2. The minimum atomic E-state index is -3.69. The maximum atomic E-state index is 12.4. The second kappa shape index (κ2) is 10.9. The Morgan fingerprint density at radius 1 is 0.848 bits per heavy atom. The van der Waals surface area contributed by atoms with Crippen molar-refractivity contribution in [3.8, 4) is 0 Å². The van der Waals surface area contributed by atoms with E-state index in [0.717, 1.165) is 15.4 Å². The second-order valence-corrected chi connectivity index (χ2v) is 9.48. The molecule has 0 aliphatic heterocycles. The van der Waals surface area contributed by atoms with Crippen LogP contribution in [-0.4, -0.2) is 45.2 Å². The predicted molar refractivity (Wildman–Crippen MR) is 124 cm³/mol. The first-order valence-electron chi connectivity index (χ1n) is 10.1. The predicted octanol–water partition coefficient (Wildman–Crippen LogP) is 2.50. The van der Waals surface area contributed by atoms with Crippen LogP contribution in [0.25, 0.3) is 0 Å². The van der Waals surface area contributed by atoms with Crippen molar-refractivity contribution in [3.63, 3.8) is 0 Å². The SMILES string of the molecule is CN(C)S(=O)(=O)c1cccc(C(=O)NNC(=O)COC(c2ccccc2)c2ccccc2)c1. The van der Waals surface area contributed by atoms with E-state index >= 15 is 0 Å². The lowest BCUT2D eigenvalue weighted by atomic mass is 10.0. The van der Waals surface area contributed by atoms with Gasteiger partial charge in [-0.1, -0.05) is 66.7 Å². The Balaban J connectivity index is 1.61. The first-order chi connectivity index (χ1) is 15.8. The summed E-state index contributed by atoms with van der Waals surface area (Å²) in [6, 6.07) is 24.5. The third-order valence-electron chi connectivity index (χ3n) is 4.78. The molecule has 0 fully saturated rings. The van der Waals surface area contributed by atoms with Gasteiger partial charge in [-0.25, -0.2) is 12.7 Å². The van der Waals surface area contributed by atoms with Gasteiger partial charge in [0, 0.05) is 19.7 Å². The van der Waals surface area contributed by atoms with Gasteiger partial charge in [0.1, 0.15) is 12.7 Å². The Labute approximate surface area is 193 Å². The van der Waals surface area contributed by atoms with Crippen molar-refractivity contribution in [3.05, 3.63) is 102 Å². The van der Waals surface area contributed by atoms with Gasteiger partial charge >= 0.3 is 0 Å². The number of carbonyl (C=O) groups excluding carboxylic acids is 2. The van der Waals surface area contributed by atoms with Crippen molar-refractivity contribution < 1.29 is 22.7 Å². The van der Waals surface area contributed by atoms with Crippen molar-refractivity contribution in [1.29, 1.82) is 0 Å². The van der Waals surface area contributed by atoms with Crippen molar-refractivity contribution in [1.82, 2.24) is 15.2 Å². The molecule has 3 aromatic carbocycles. The summed E-state index contributed by atoms with van der Waals surface area (Å²) < 4.78 is 31.4. The molecule has 0 saturated carbocycles. The molecule has 2 N–H and O–H groups in total. The van der Waals surface area contributed by atoms with E-state index in [1.54, 1.807) is 0 Å². The molecule has 33 heavy (non-hydrogen) atoms. The zero-order chi connectivity index (χ0) is 23.8. The van der Waals surface area contributed by atoms with Gasteiger partial charge in [0.2, 0.25) is 10.0 Å². The van der Waals surface area contributed by atoms with Crippen LogP contribution in [-0.2, 0) is 19.6 Å². The third-order valence-corrected chi connectivity index (χ3v) is 6.59. The Kier molecular flexibility index (Phi) is 7.94. The van der Waals surface area contributed by atoms with Gasteiger partial charge in [-0.2, -0.15) is 0 Å². The van der Waals surface area contributed by atoms with Crippen LogP contribution >= 0.6 is 0 Å². The summed E-state index contributed by atoms with van der Waals surface area (Å²) in [7, 11) is -0.883. The number of hydrazine groups is 1. The number of rotatable bonds is 8. The van der Waals surface area contributed by atoms with Gasteiger partial charge in [-0.05, 0) is 29.3 Å². The monoisotopic (exact) mass is 467 g/mol. The van der Waals surface area contributed by atoms with E-state index in [1.165, 1.54) is 38.4 Å². The topological polar surface area (TPSA) is 105 Å². The molecule has 0 radical (unpaired) electrons. The molecule has 0 spiro atoms. The lowest BCUT2D eigenvalue weighted by molar-refractivity contribution is -0.127. The normalized spacial score (nSPS) is 11.4. The number of hydrogen-bond donors (Lipinski definition) is 2. The summed E-state index contributed by atoms with van der Waals surface area (Å²) in [5.41, 5.74) is 6.45. The number of nitrogens with zero attached hydrogens (tertiary/aromatic N) is 1. The largest absolute Gasteiger partial charge is 0.359 e. The van der Waals surface area contributed by atoms with Crippen LogP contribution in [0.4, 0.5) is 0 Å². The first kappa shape index (κ1) is 24.1. The molecule has 0 atom stereocenters. The van der Waals surface area contributed by atoms with Crippen LogP contribution in [0.3, 0.4) is 0 Å². The van der Waals surface area contributed by atoms with Gasteiger partial charge in [-0.15, -0.1) is 0 Å². The van der Waals surface area contributed by atoms with Crippen molar-refractivity contribution >= 4 is 21.8 Å². The Morgan fingerprint density at radius 2 is 1.42 bits per heavy atom. The fourth-order valence-electron chi connectivity index (χ4n) is 3.04. The standard InChI is InChI=1S/C24H25N3O5S/c1-27(2)33(30,31)21-15-9-14-20(16-21)24(29)26-25-22(28)17-32-23(18-10-5-3-6-11-18)19-12-7-4-8-13-19/h3-16,23H,17H2,1-2H3,(H,25,28)(H,26,29). The molecule has 0 aliphatic rings. The molecule has 3 aromatic rings. The molecular formula is C24H25N3O5S. The van der Waals surface area contributed by atoms with Crippen LogP contribution < -0.4 is 10.9 Å². The van der Waals surface area contributed by atoms with Crippen molar-refractivity contribution in [2.45, 2.75) is 11.0 Å². The maximum Gasteiger partial charge on any atom is 0.269 e. The van der Waals surface area contributed by atoms with Gasteiger partial charge in [0.15, 0.2) is 0 Å². The molecule has 0 aliphatic carbocycles. The van der Waals surface area contributed by atoms with Crippen LogP contribution in [0.1, 0.15) is 27.6 Å². The molecule has 0 saturated heterocycles.